The van der Waals surface area contributed by atoms with Gasteiger partial charge in [-0.3, -0.25) is 9.79 Å². The zero-order chi connectivity index (χ0) is 19.4. The number of rotatable bonds is 10. The van der Waals surface area contributed by atoms with Crippen molar-refractivity contribution in [1.82, 2.24) is 10.6 Å². The molecule has 152 valence electrons. The number of nitrogens with one attached hydrogen (secondary N) is 2. The van der Waals surface area contributed by atoms with Crippen LogP contribution in [-0.2, 0) is 14.3 Å². The summed E-state index contributed by atoms with van der Waals surface area (Å²) in [5.74, 6) is 1.39. The number of hydrogen-bond acceptors (Lipinski definition) is 4. The third-order valence-corrected chi connectivity index (χ3v) is 4.84. The molecule has 0 heterocycles. The number of nitrogens with zero attached hydrogens (tertiary/aromatic N) is 1. The Morgan fingerprint density at radius 2 is 1.81 bits per heavy atom. The monoisotopic (exact) mass is 369 g/mol. The number of carbonyl (C=O) groups is 1. The Kier molecular flexibility index (Phi) is 11.3. The van der Waals surface area contributed by atoms with Crippen LogP contribution in [-0.4, -0.2) is 50.4 Å². The molecule has 1 aliphatic rings. The van der Waals surface area contributed by atoms with Crippen LogP contribution in [0.1, 0.15) is 66.7 Å². The topological polar surface area (TPSA) is 72.0 Å². The van der Waals surface area contributed by atoms with E-state index in [1.54, 1.807) is 0 Å². The van der Waals surface area contributed by atoms with Gasteiger partial charge in [-0.1, -0.05) is 13.8 Å². The maximum Gasteiger partial charge on any atom is 0.308 e. The number of guanidine groups is 1. The summed E-state index contributed by atoms with van der Waals surface area (Å²) in [5.41, 5.74) is 0. The fourth-order valence-corrected chi connectivity index (χ4v) is 3.37. The maximum absolute atomic E-state index is 11.9. The Hall–Kier alpha value is -1.30. The highest BCUT2D eigenvalue weighted by molar-refractivity contribution is 5.80. The molecule has 2 N–H and O–H groups in total. The van der Waals surface area contributed by atoms with Gasteiger partial charge in [0.25, 0.3) is 0 Å². The Bertz CT molecular complexity index is 419. The van der Waals surface area contributed by atoms with Gasteiger partial charge in [-0.25, -0.2) is 0 Å². The van der Waals surface area contributed by atoms with Gasteiger partial charge in [-0.15, -0.1) is 0 Å². The quantitative estimate of drug-likeness (QED) is 0.352. The number of ether oxygens (including phenoxy) is 2. The predicted octanol–water partition coefficient (Wildman–Crippen LogP) is 3.11. The van der Waals surface area contributed by atoms with E-state index in [9.17, 15) is 4.79 Å². The summed E-state index contributed by atoms with van der Waals surface area (Å²) in [6, 6.07) is 0.367. The molecular formula is C20H39N3O3. The minimum Gasteiger partial charge on any atom is -0.466 e. The average molecular weight is 370 g/mol. The summed E-state index contributed by atoms with van der Waals surface area (Å²) < 4.78 is 10.9. The van der Waals surface area contributed by atoms with Gasteiger partial charge in [0.1, 0.15) is 0 Å². The van der Waals surface area contributed by atoms with Gasteiger partial charge in [0.05, 0.1) is 18.6 Å². The first-order valence-corrected chi connectivity index (χ1v) is 10.3. The first-order valence-electron chi connectivity index (χ1n) is 10.3. The molecule has 0 aromatic carbocycles. The minimum absolute atomic E-state index is 0.0397. The molecule has 6 nitrogen and oxygen atoms in total. The van der Waals surface area contributed by atoms with E-state index in [0.29, 0.717) is 18.6 Å². The zero-order valence-electron chi connectivity index (χ0n) is 17.3. The smallest absolute Gasteiger partial charge is 0.308 e. The second-order valence-electron chi connectivity index (χ2n) is 7.23. The van der Waals surface area contributed by atoms with Crippen molar-refractivity contribution in [2.45, 2.75) is 78.9 Å². The van der Waals surface area contributed by atoms with Crippen LogP contribution >= 0.6 is 0 Å². The van der Waals surface area contributed by atoms with Gasteiger partial charge in [0, 0.05) is 25.7 Å². The van der Waals surface area contributed by atoms with Crippen molar-refractivity contribution < 1.29 is 14.3 Å². The molecule has 0 amide bonds. The van der Waals surface area contributed by atoms with Gasteiger partial charge in [0.2, 0.25) is 0 Å². The molecule has 1 unspecified atom stereocenters. The molecule has 1 atom stereocenters. The van der Waals surface area contributed by atoms with Crippen LogP contribution in [0.3, 0.4) is 0 Å². The van der Waals surface area contributed by atoms with E-state index in [1.807, 2.05) is 13.8 Å². The second kappa shape index (κ2) is 13.0. The molecule has 6 heteroatoms. The maximum atomic E-state index is 11.9. The largest absolute Gasteiger partial charge is 0.466 e. The third-order valence-electron chi connectivity index (χ3n) is 4.84. The van der Waals surface area contributed by atoms with E-state index >= 15 is 0 Å². The van der Waals surface area contributed by atoms with Gasteiger partial charge < -0.3 is 20.1 Å². The number of aliphatic imine (C=N–C) groups is 1. The lowest BCUT2D eigenvalue weighted by molar-refractivity contribution is -0.149. The lowest BCUT2D eigenvalue weighted by Gasteiger charge is -2.29. The molecule has 1 fully saturated rings. The summed E-state index contributed by atoms with van der Waals surface area (Å²) in [6.45, 7) is 13.1. The molecule has 0 aromatic heterocycles. The molecule has 26 heavy (non-hydrogen) atoms. The summed E-state index contributed by atoms with van der Waals surface area (Å²) >= 11 is 0. The summed E-state index contributed by atoms with van der Waals surface area (Å²) in [7, 11) is 0. The fraction of sp³-hybridized carbons (Fsp3) is 0.900. The van der Waals surface area contributed by atoms with Crippen LogP contribution < -0.4 is 10.6 Å². The Morgan fingerprint density at radius 3 is 2.35 bits per heavy atom. The Labute approximate surface area is 159 Å². The molecule has 1 aliphatic carbocycles. The lowest BCUT2D eigenvalue weighted by atomic mass is 9.86. The van der Waals surface area contributed by atoms with Crippen molar-refractivity contribution in [2.24, 2.45) is 16.8 Å². The summed E-state index contributed by atoms with van der Waals surface area (Å²) in [6.07, 6.45) is 4.90. The van der Waals surface area contributed by atoms with E-state index in [4.69, 9.17) is 14.5 Å². The van der Waals surface area contributed by atoms with E-state index in [1.165, 1.54) is 0 Å². The molecule has 1 rings (SSSR count). The molecule has 0 radical (unpaired) electrons. The predicted molar refractivity (Wildman–Crippen MR) is 106 cm³/mol. The van der Waals surface area contributed by atoms with Crippen molar-refractivity contribution in [3.63, 3.8) is 0 Å². The van der Waals surface area contributed by atoms with E-state index in [-0.39, 0.29) is 18.0 Å². The SMILES string of the molecule is CCNC(=NCCC(OCC)C(C)C)NC1CCC(C(=O)OCC)CC1. The van der Waals surface area contributed by atoms with E-state index in [2.05, 4.69) is 31.4 Å². The van der Waals surface area contributed by atoms with Crippen molar-refractivity contribution >= 4 is 11.9 Å². The molecule has 0 aliphatic heterocycles. The molecule has 0 bridgehead atoms. The molecular weight excluding hydrogens is 330 g/mol. The standard InChI is InChI=1S/C20H39N3O3/c1-6-21-20(22-14-13-18(15(4)5)25-7-2)23-17-11-9-16(10-12-17)19(24)26-8-3/h15-18H,6-14H2,1-5H3,(H2,21,22,23). The third kappa shape index (κ3) is 8.39. The van der Waals surface area contributed by atoms with Gasteiger partial charge in [0.15, 0.2) is 5.96 Å². The van der Waals surface area contributed by atoms with Crippen LogP contribution in [0, 0.1) is 11.8 Å². The second-order valence-corrected chi connectivity index (χ2v) is 7.23. The van der Waals surface area contributed by atoms with Crippen molar-refractivity contribution in [3.05, 3.63) is 0 Å². The average Bonchev–Trinajstić information content (AvgIpc) is 2.61. The fourth-order valence-electron chi connectivity index (χ4n) is 3.37. The zero-order valence-corrected chi connectivity index (χ0v) is 17.3. The van der Waals surface area contributed by atoms with Gasteiger partial charge in [-0.2, -0.15) is 0 Å². The highest BCUT2D eigenvalue weighted by Crippen LogP contribution is 2.25. The number of carbonyl (C=O) groups excluding carboxylic acids is 1. The molecule has 0 aromatic rings. The highest BCUT2D eigenvalue weighted by atomic mass is 16.5. The van der Waals surface area contributed by atoms with Crippen LogP contribution in [0.15, 0.2) is 4.99 Å². The lowest BCUT2D eigenvalue weighted by Crippen LogP contribution is -2.45. The van der Waals surface area contributed by atoms with Crippen molar-refractivity contribution in [2.75, 3.05) is 26.3 Å². The number of esters is 1. The molecule has 0 saturated heterocycles. The van der Waals surface area contributed by atoms with E-state index in [0.717, 1.165) is 57.8 Å². The van der Waals surface area contributed by atoms with Crippen LogP contribution in [0.5, 0.6) is 0 Å². The minimum atomic E-state index is -0.0397. The summed E-state index contributed by atoms with van der Waals surface area (Å²) in [5, 5.41) is 6.85. The number of hydrogen-bond donors (Lipinski definition) is 2. The molecule has 1 saturated carbocycles. The van der Waals surface area contributed by atoms with Crippen molar-refractivity contribution in [1.29, 1.82) is 0 Å². The van der Waals surface area contributed by atoms with Crippen LogP contribution in [0.25, 0.3) is 0 Å². The summed E-state index contributed by atoms with van der Waals surface area (Å²) in [4.78, 5) is 16.6. The first-order chi connectivity index (χ1) is 12.5. The molecule has 0 spiro atoms. The van der Waals surface area contributed by atoms with Gasteiger partial charge >= 0.3 is 5.97 Å². The normalized spacial score (nSPS) is 22.2. The Balaban J connectivity index is 2.46. The van der Waals surface area contributed by atoms with Crippen LogP contribution in [0.2, 0.25) is 0 Å². The van der Waals surface area contributed by atoms with E-state index < -0.39 is 0 Å². The van der Waals surface area contributed by atoms with Crippen LogP contribution in [0.4, 0.5) is 0 Å². The Morgan fingerprint density at radius 1 is 1.12 bits per heavy atom. The highest BCUT2D eigenvalue weighted by Gasteiger charge is 2.27. The first kappa shape index (κ1) is 22.7. The van der Waals surface area contributed by atoms with Crippen molar-refractivity contribution in [3.8, 4) is 0 Å². The van der Waals surface area contributed by atoms with Gasteiger partial charge in [-0.05, 0) is 58.8 Å².